The third-order valence-corrected chi connectivity index (χ3v) is 3.75. The first-order valence-electron chi connectivity index (χ1n) is 6.68. The molecule has 2 N–H and O–H groups in total. The second-order valence-electron chi connectivity index (χ2n) is 4.98. The molecule has 0 bridgehead atoms. The normalized spacial score (nSPS) is 24.1. The fourth-order valence-corrected chi connectivity index (χ4v) is 2.86. The van der Waals surface area contributed by atoms with E-state index in [2.05, 4.69) is 39.8 Å². The van der Waals surface area contributed by atoms with Crippen LogP contribution in [-0.4, -0.2) is 32.1 Å². The lowest BCUT2D eigenvalue weighted by Crippen LogP contribution is -2.48. The minimum absolute atomic E-state index is 0.121. The summed E-state index contributed by atoms with van der Waals surface area (Å²) in [5.41, 5.74) is 2.55. The lowest BCUT2D eigenvalue weighted by atomic mass is 10.0. The molecular weight excluding hydrogens is 226 g/mol. The Bertz CT molecular complexity index is 440. The number of para-hydroxylation sites is 1. The molecular formula is C14H19N3O. The van der Waals surface area contributed by atoms with Crippen molar-refractivity contribution in [2.24, 2.45) is 0 Å². The number of hydrogen-bond donors (Lipinski definition) is 2. The van der Waals surface area contributed by atoms with Gasteiger partial charge in [-0.3, -0.25) is 4.79 Å². The second kappa shape index (κ2) is 4.98. The molecule has 2 fully saturated rings. The smallest absolute Gasteiger partial charge is 0.239 e. The Morgan fingerprint density at radius 2 is 2.11 bits per heavy atom. The molecule has 2 aliphatic heterocycles. The molecule has 1 atom stereocenters. The van der Waals surface area contributed by atoms with E-state index in [1.165, 1.54) is 24.1 Å². The van der Waals surface area contributed by atoms with Crippen molar-refractivity contribution in [3.05, 3.63) is 29.8 Å². The van der Waals surface area contributed by atoms with Gasteiger partial charge in [-0.2, -0.15) is 0 Å². The van der Waals surface area contributed by atoms with E-state index in [1.54, 1.807) is 0 Å². The Balaban J connectivity index is 1.88. The first kappa shape index (κ1) is 11.5. The molecule has 4 heteroatoms. The molecule has 1 unspecified atom stereocenters. The molecule has 18 heavy (non-hydrogen) atoms. The van der Waals surface area contributed by atoms with Gasteiger partial charge in [-0.25, -0.2) is 0 Å². The second-order valence-corrected chi connectivity index (χ2v) is 4.98. The highest BCUT2D eigenvalue weighted by Gasteiger charge is 2.23. The van der Waals surface area contributed by atoms with E-state index in [1.807, 2.05) is 0 Å². The zero-order valence-electron chi connectivity index (χ0n) is 10.5. The number of piperazine rings is 1. The summed E-state index contributed by atoms with van der Waals surface area (Å²) in [6.07, 6.45) is 2.43. The van der Waals surface area contributed by atoms with Crippen molar-refractivity contribution < 1.29 is 4.79 Å². The van der Waals surface area contributed by atoms with Gasteiger partial charge in [-0.15, -0.1) is 0 Å². The number of anilines is 1. The van der Waals surface area contributed by atoms with E-state index in [4.69, 9.17) is 0 Å². The first-order valence-corrected chi connectivity index (χ1v) is 6.68. The van der Waals surface area contributed by atoms with E-state index in [0.29, 0.717) is 12.6 Å². The highest BCUT2D eigenvalue weighted by atomic mass is 16.2. The minimum Gasteiger partial charge on any atom is -0.360 e. The first-order chi connectivity index (χ1) is 8.84. The average molecular weight is 245 g/mol. The molecule has 3 rings (SSSR count). The summed E-state index contributed by atoms with van der Waals surface area (Å²) in [5.74, 6) is 0.121. The molecule has 1 aromatic carbocycles. The van der Waals surface area contributed by atoms with Gasteiger partial charge in [0.2, 0.25) is 5.91 Å². The predicted octanol–water partition coefficient (Wildman–Crippen LogP) is 1.05. The Kier molecular flexibility index (Phi) is 3.19. The third-order valence-electron chi connectivity index (χ3n) is 3.75. The summed E-state index contributed by atoms with van der Waals surface area (Å²) in [5, 5.41) is 6.41. The van der Waals surface area contributed by atoms with Crippen molar-refractivity contribution in [2.75, 3.05) is 31.1 Å². The van der Waals surface area contributed by atoms with Crippen LogP contribution in [0.15, 0.2) is 24.3 Å². The maximum atomic E-state index is 11.5. The largest absolute Gasteiger partial charge is 0.360 e. The standard InChI is InChI=1S/C14H19N3O/c18-14-10-17(9-8-16-14)13-6-2-1-4-11(13)12-5-3-7-15-12/h1-2,4,6,12,15H,3,5,7-10H2,(H,16,18). The Morgan fingerprint density at radius 1 is 1.22 bits per heavy atom. The van der Waals surface area contributed by atoms with Gasteiger partial charge < -0.3 is 15.5 Å². The molecule has 2 saturated heterocycles. The molecule has 0 radical (unpaired) electrons. The average Bonchev–Trinajstić information content (AvgIpc) is 2.92. The van der Waals surface area contributed by atoms with Crippen LogP contribution in [0.2, 0.25) is 0 Å². The van der Waals surface area contributed by atoms with Gasteiger partial charge in [0.1, 0.15) is 0 Å². The van der Waals surface area contributed by atoms with Crippen LogP contribution < -0.4 is 15.5 Å². The van der Waals surface area contributed by atoms with Crippen molar-refractivity contribution in [3.8, 4) is 0 Å². The van der Waals surface area contributed by atoms with E-state index in [-0.39, 0.29) is 5.91 Å². The van der Waals surface area contributed by atoms with Crippen LogP contribution in [0.4, 0.5) is 5.69 Å². The third kappa shape index (κ3) is 2.20. The van der Waals surface area contributed by atoms with Crippen molar-refractivity contribution in [1.82, 2.24) is 10.6 Å². The number of nitrogens with one attached hydrogen (secondary N) is 2. The van der Waals surface area contributed by atoms with Crippen molar-refractivity contribution in [3.63, 3.8) is 0 Å². The zero-order valence-corrected chi connectivity index (χ0v) is 10.5. The number of nitrogens with zero attached hydrogens (tertiary/aromatic N) is 1. The van der Waals surface area contributed by atoms with Crippen LogP contribution in [0.25, 0.3) is 0 Å². The Morgan fingerprint density at radius 3 is 2.89 bits per heavy atom. The molecule has 2 heterocycles. The maximum absolute atomic E-state index is 11.5. The molecule has 0 aromatic heterocycles. The number of amides is 1. The summed E-state index contributed by atoms with van der Waals surface area (Å²) in [6, 6.07) is 8.91. The van der Waals surface area contributed by atoms with E-state index < -0.39 is 0 Å². The van der Waals surface area contributed by atoms with E-state index >= 15 is 0 Å². The molecule has 2 aliphatic rings. The van der Waals surface area contributed by atoms with Crippen molar-refractivity contribution in [2.45, 2.75) is 18.9 Å². The fourth-order valence-electron chi connectivity index (χ4n) is 2.86. The zero-order chi connectivity index (χ0) is 12.4. The summed E-state index contributed by atoms with van der Waals surface area (Å²) in [4.78, 5) is 13.7. The highest BCUT2D eigenvalue weighted by molar-refractivity contribution is 5.83. The minimum atomic E-state index is 0.121. The van der Waals surface area contributed by atoms with E-state index in [0.717, 1.165) is 19.6 Å². The van der Waals surface area contributed by atoms with E-state index in [9.17, 15) is 4.79 Å². The Labute approximate surface area is 107 Å². The number of rotatable bonds is 2. The summed E-state index contributed by atoms with van der Waals surface area (Å²) in [6.45, 7) is 3.21. The monoisotopic (exact) mass is 245 g/mol. The molecule has 1 amide bonds. The van der Waals surface area contributed by atoms with Gasteiger partial charge >= 0.3 is 0 Å². The SMILES string of the molecule is O=C1CN(c2ccccc2C2CCCN2)CCN1. The van der Waals surface area contributed by atoms with Crippen LogP contribution >= 0.6 is 0 Å². The summed E-state index contributed by atoms with van der Waals surface area (Å²) < 4.78 is 0. The van der Waals surface area contributed by atoms with Crippen LogP contribution in [0.1, 0.15) is 24.4 Å². The highest BCUT2D eigenvalue weighted by Crippen LogP contribution is 2.31. The van der Waals surface area contributed by atoms with Gasteiger partial charge in [-0.05, 0) is 31.0 Å². The molecule has 0 aliphatic carbocycles. The van der Waals surface area contributed by atoms with Crippen LogP contribution in [-0.2, 0) is 4.79 Å². The van der Waals surface area contributed by atoms with Crippen LogP contribution in [0.3, 0.4) is 0 Å². The molecule has 0 spiro atoms. The maximum Gasteiger partial charge on any atom is 0.239 e. The lowest BCUT2D eigenvalue weighted by molar-refractivity contribution is -0.120. The topological polar surface area (TPSA) is 44.4 Å². The number of benzene rings is 1. The number of hydrogen-bond acceptors (Lipinski definition) is 3. The van der Waals surface area contributed by atoms with Gasteiger partial charge in [0.05, 0.1) is 6.54 Å². The molecule has 0 saturated carbocycles. The molecule has 4 nitrogen and oxygen atoms in total. The number of carbonyl (C=O) groups excluding carboxylic acids is 1. The predicted molar refractivity (Wildman–Crippen MR) is 71.6 cm³/mol. The van der Waals surface area contributed by atoms with Crippen LogP contribution in [0.5, 0.6) is 0 Å². The van der Waals surface area contributed by atoms with Gasteiger partial charge in [0, 0.05) is 24.8 Å². The van der Waals surface area contributed by atoms with Crippen molar-refractivity contribution >= 4 is 11.6 Å². The summed E-state index contributed by atoms with van der Waals surface area (Å²) in [7, 11) is 0. The molecule has 96 valence electrons. The summed E-state index contributed by atoms with van der Waals surface area (Å²) >= 11 is 0. The van der Waals surface area contributed by atoms with Gasteiger partial charge in [0.15, 0.2) is 0 Å². The Hall–Kier alpha value is -1.55. The fraction of sp³-hybridized carbons (Fsp3) is 0.500. The quantitative estimate of drug-likeness (QED) is 0.818. The van der Waals surface area contributed by atoms with Crippen LogP contribution in [0, 0.1) is 0 Å². The van der Waals surface area contributed by atoms with Crippen molar-refractivity contribution in [1.29, 1.82) is 0 Å². The van der Waals surface area contributed by atoms with Gasteiger partial charge in [-0.1, -0.05) is 18.2 Å². The lowest BCUT2D eigenvalue weighted by Gasteiger charge is -2.31. The molecule has 1 aromatic rings. The number of carbonyl (C=O) groups is 1. The van der Waals surface area contributed by atoms with Gasteiger partial charge in [0.25, 0.3) is 0 Å².